The van der Waals surface area contributed by atoms with E-state index in [4.69, 9.17) is 4.74 Å². The van der Waals surface area contributed by atoms with E-state index in [1.807, 2.05) is 46.9 Å². The maximum absolute atomic E-state index is 13.1. The van der Waals surface area contributed by atoms with E-state index in [0.29, 0.717) is 0 Å². The van der Waals surface area contributed by atoms with Crippen LogP contribution in [0.5, 0.6) is 5.75 Å². The highest BCUT2D eigenvalue weighted by Gasteiger charge is 2.23. The fourth-order valence-electron chi connectivity index (χ4n) is 3.99. The summed E-state index contributed by atoms with van der Waals surface area (Å²) in [6, 6.07) is 14.6. The number of amides is 1. The van der Waals surface area contributed by atoms with Gasteiger partial charge in [0.05, 0.1) is 24.8 Å². The van der Waals surface area contributed by atoms with Crippen LogP contribution in [-0.4, -0.2) is 40.6 Å². The number of nitrogens with zero attached hydrogens (tertiary/aromatic N) is 3. The minimum Gasteiger partial charge on any atom is -0.495 e. The summed E-state index contributed by atoms with van der Waals surface area (Å²) in [4.78, 5) is 19.3. The van der Waals surface area contributed by atoms with Crippen molar-refractivity contribution in [3.05, 3.63) is 82.9 Å². The van der Waals surface area contributed by atoms with Crippen molar-refractivity contribution in [1.82, 2.24) is 14.5 Å². The summed E-state index contributed by atoms with van der Waals surface area (Å²) < 4.78 is 7.56. The van der Waals surface area contributed by atoms with Gasteiger partial charge in [0.15, 0.2) is 0 Å². The lowest BCUT2D eigenvalue weighted by Crippen LogP contribution is -2.38. The number of carbonyl (C=O) groups excluding carboxylic acids is 1. The molecule has 1 aromatic heterocycles. The maximum atomic E-state index is 13.1. The van der Waals surface area contributed by atoms with Gasteiger partial charge in [0, 0.05) is 24.9 Å². The molecule has 0 spiro atoms. The predicted molar refractivity (Wildman–Crippen MR) is 124 cm³/mol. The van der Waals surface area contributed by atoms with Gasteiger partial charge >= 0.3 is 0 Å². The maximum Gasteiger partial charge on any atom is 0.249 e. The second-order valence-corrected chi connectivity index (χ2v) is 8.15. The molecule has 1 fully saturated rings. The zero-order valence-electron chi connectivity index (χ0n) is 18.5. The third kappa shape index (κ3) is 4.88. The van der Waals surface area contributed by atoms with E-state index in [0.717, 1.165) is 60.6 Å². The average Bonchev–Trinajstić information content (AvgIpc) is 3.21. The Hall–Kier alpha value is -3.34. The molecule has 1 saturated heterocycles. The topological polar surface area (TPSA) is 47.4 Å². The molecule has 3 aromatic rings. The van der Waals surface area contributed by atoms with Crippen LogP contribution in [0.1, 0.15) is 35.2 Å². The number of hydrogen-bond acceptors (Lipinski definition) is 3. The smallest absolute Gasteiger partial charge is 0.249 e. The molecule has 160 valence electrons. The van der Waals surface area contributed by atoms with Crippen molar-refractivity contribution in [1.29, 1.82) is 0 Å². The SMILES string of the molecule is COc1cc(C=C2CCCN(CCc3ccc(C)cc3)C2=O)ccc1-n1cnc(C)c1. The molecular weight excluding hydrogens is 386 g/mol. The molecule has 2 heterocycles. The Morgan fingerprint density at radius 3 is 2.65 bits per heavy atom. The Morgan fingerprint density at radius 2 is 1.94 bits per heavy atom. The van der Waals surface area contributed by atoms with Gasteiger partial charge in [-0.2, -0.15) is 0 Å². The van der Waals surface area contributed by atoms with Crippen molar-refractivity contribution in [2.24, 2.45) is 0 Å². The summed E-state index contributed by atoms with van der Waals surface area (Å²) in [7, 11) is 1.66. The molecule has 0 saturated carbocycles. The molecule has 4 rings (SSSR count). The number of ether oxygens (including phenoxy) is 1. The first-order chi connectivity index (χ1) is 15.0. The Kier molecular flexibility index (Phi) is 6.21. The van der Waals surface area contributed by atoms with Gasteiger partial charge in [0.2, 0.25) is 5.91 Å². The Labute approximate surface area is 184 Å². The van der Waals surface area contributed by atoms with Gasteiger partial charge in [-0.05, 0) is 62.4 Å². The summed E-state index contributed by atoms with van der Waals surface area (Å²) >= 11 is 0. The molecule has 5 nitrogen and oxygen atoms in total. The van der Waals surface area contributed by atoms with Crippen LogP contribution in [-0.2, 0) is 11.2 Å². The highest BCUT2D eigenvalue weighted by molar-refractivity contribution is 5.98. The van der Waals surface area contributed by atoms with Gasteiger partial charge in [-0.25, -0.2) is 4.98 Å². The molecule has 2 aromatic carbocycles. The number of piperidine rings is 1. The molecular formula is C26H29N3O2. The third-order valence-electron chi connectivity index (χ3n) is 5.76. The number of benzene rings is 2. The number of imidazole rings is 1. The molecule has 0 unspecified atom stereocenters. The Bertz CT molecular complexity index is 1100. The van der Waals surface area contributed by atoms with Crippen molar-refractivity contribution in [3.63, 3.8) is 0 Å². The standard InChI is InChI=1S/C26H29N3O2/c1-19-6-8-21(9-7-19)12-14-28-13-4-5-23(26(28)30)15-22-10-11-24(25(16-22)31-3)29-17-20(2)27-18-29/h6-11,15-18H,4-5,12-14H2,1-3H3. The van der Waals surface area contributed by atoms with Crippen LogP contribution in [0, 0.1) is 13.8 Å². The van der Waals surface area contributed by atoms with E-state index >= 15 is 0 Å². The highest BCUT2D eigenvalue weighted by atomic mass is 16.5. The molecule has 1 aliphatic heterocycles. The lowest BCUT2D eigenvalue weighted by Gasteiger charge is -2.28. The normalized spacial score (nSPS) is 15.5. The minimum atomic E-state index is 0.145. The average molecular weight is 416 g/mol. The molecule has 31 heavy (non-hydrogen) atoms. The summed E-state index contributed by atoms with van der Waals surface area (Å²) in [5.74, 6) is 0.901. The number of methoxy groups -OCH3 is 1. The summed E-state index contributed by atoms with van der Waals surface area (Å²) in [6.07, 6.45) is 8.44. The molecule has 0 bridgehead atoms. The first-order valence-corrected chi connectivity index (χ1v) is 10.8. The molecule has 5 heteroatoms. The van der Waals surface area contributed by atoms with Gasteiger partial charge in [-0.15, -0.1) is 0 Å². The Balaban J connectivity index is 1.49. The first-order valence-electron chi connectivity index (χ1n) is 10.8. The van der Waals surface area contributed by atoms with E-state index in [2.05, 4.69) is 36.2 Å². The lowest BCUT2D eigenvalue weighted by molar-refractivity contribution is -0.128. The fourth-order valence-corrected chi connectivity index (χ4v) is 3.99. The number of carbonyl (C=O) groups is 1. The van der Waals surface area contributed by atoms with E-state index < -0.39 is 0 Å². The van der Waals surface area contributed by atoms with E-state index in [1.54, 1.807) is 13.4 Å². The number of hydrogen-bond donors (Lipinski definition) is 0. The molecule has 1 aliphatic rings. The van der Waals surface area contributed by atoms with Gasteiger partial charge in [0.25, 0.3) is 0 Å². The van der Waals surface area contributed by atoms with Gasteiger partial charge in [-0.1, -0.05) is 35.9 Å². The fraction of sp³-hybridized carbons (Fsp3) is 0.308. The van der Waals surface area contributed by atoms with Crippen LogP contribution in [0.15, 0.2) is 60.6 Å². The van der Waals surface area contributed by atoms with E-state index in [1.165, 1.54) is 11.1 Å². The van der Waals surface area contributed by atoms with Crippen molar-refractivity contribution in [3.8, 4) is 11.4 Å². The zero-order chi connectivity index (χ0) is 21.8. The van der Waals surface area contributed by atoms with Crippen molar-refractivity contribution < 1.29 is 9.53 Å². The van der Waals surface area contributed by atoms with Gasteiger partial charge in [-0.3, -0.25) is 4.79 Å². The number of rotatable bonds is 6. The summed E-state index contributed by atoms with van der Waals surface area (Å²) in [6.45, 7) is 5.62. The number of aromatic nitrogens is 2. The first kappa shape index (κ1) is 20.9. The Morgan fingerprint density at radius 1 is 1.13 bits per heavy atom. The van der Waals surface area contributed by atoms with Crippen LogP contribution >= 0.6 is 0 Å². The van der Waals surface area contributed by atoms with Gasteiger partial charge in [0.1, 0.15) is 5.75 Å². The molecule has 0 atom stereocenters. The largest absolute Gasteiger partial charge is 0.495 e. The molecule has 0 aliphatic carbocycles. The van der Waals surface area contributed by atoms with E-state index in [-0.39, 0.29) is 5.91 Å². The highest BCUT2D eigenvalue weighted by Crippen LogP contribution is 2.27. The predicted octanol–water partition coefficient (Wildman–Crippen LogP) is 4.75. The third-order valence-corrected chi connectivity index (χ3v) is 5.76. The van der Waals surface area contributed by atoms with Crippen LogP contribution in [0.2, 0.25) is 0 Å². The second-order valence-electron chi connectivity index (χ2n) is 8.15. The van der Waals surface area contributed by atoms with Crippen LogP contribution in [0.3, 0.4) is 0 Å². The number of likely N-dealkylation sites (tertiary alicyclic amines) is 1. The van der Waals surface area contributed by atoms with E-state index in [9.17, 15) is 4.79 Å². The zero-order valence-corrected chi connectivity index (χ0v) is 18.5. The quantitative estimate of drug-likeness (QED) is 0.546. The lowest BCUT2D eigenvalue weighted by atomic mass is 10.00. The van der Waals surface area contributed by atoms with Crippen LogP contribution in [0.25, 0.3) is 11.8 Å². The second kappa shape index (κ2) is 9.21. The van der Waals surface area contributed by atoms with Crippen molar-refractivity contribution >= 4 is 12.0 Å². The van der Waals surface area contributed by atoms with Crippen molar-refractivity contribution in [2.45, 2.75) is 33.1 Å². The molecule has 0 N–H and O–H groups in total. The molecule has 0 radical (unpaired) electrons. The number of aryl methyl sites for hydroxylation is 2. The van der Waals surface area contributed by atoms with Crippen LogP contribution in [0.4, 0.5) is 0 Å². The summed E-state index contributed by atoms with van der Waals surface area (Å²) in [5.41, 5.74) is 6.24. The summed E-state index contributed by atoms with van der Waals surface area (Å²) in [5, 5.41) is 0. The van der Waals surface area contributed by atoms with Crippen molar-refractivity contribution in [2.75, 3.05) is 20.2 Å². The monoisotopic (exact) mass is 415 g/mol. The van der Waals surface area contributed by atoms with Crippen LogP contribution < -0.4 is 4.74 Å². The van der Waals surface area contributed by atoms with Gasteiger partial charge < -0.3 is 14.2 Å². The minimum absolute atomic E-state index is 0.145. The molecule has 1 amide bonds.